The standard InChI is InChI=1S/C18H23ClN2O3S/c19-15-6-1-3-13(9-15)10-20-7-8-21(18(22)14-4-2-5-14)17-12-25(23,24)11-16(17)20/h1,3,6,9,14,16-17H,2,4-5,7-8,10-12H2/t16-,17+/m0/s1. The van der Waals surface area contributed by atoms with Crippen molar-refractivity contribution in [2.45, 2.75) is 37.9 Å². The molecule has 0 radical (unpaired) electrons. The number of rotatable bonds is 3. The van der Waals surface area contributed by atoms with Gasteiger partial charge in [0.2, 0.25) is 5.91 Å². The molecule has 7 heteroatoms. The summed E-state index contributed by atoms with van der Waals surface area (Å²) in [7, 11) is -3.10. The molecule has 1 aliphatic carbocycles. The molecule has 0 aromatic heterocycles. The minimum Gasteiger partial charge on any atom is -0.336 e. The van der Waals surface area contributed by atoms with Crippen molar-refractivity contribution in [2.24, 2.45) is 5.92 Å². The summed E-state index contributed by atoms with van der Waals surface area (Å²) < 4.78 is 24.6. The molecule has 1 aromatic carbocycles. The van der Waals surface area contributed by atoms with E-state index < -0.39 is 9.84 Å². The van der Waals surface area contributed by atoms with Gasteiger partial charge in [0.15, 0.2) is 9.84 Å². The van der Waals surface area contributed by atoms with Gasteiger partial charge >= 0.3 is 0 Å². The van der Waals surface area contributed by atoms with E-state index in [0.717, 1.165) is 24.8 Å². The van der Waals surface area contributed by atoms with E-state index in [1.807, 2.05) is 29.2 Å². The fraction of sp³-hybridized carbons (Fsp3) is 0.611. The summed E-state index contributed by atoms with van der Waals surface area (Å²) in [5, 5.41) is 0.687. The van der Waals surface area contributed by atoms with Gasteiger partial charge < -0.3 is 4.90 Å². The number of carbonyl (C=O) groups is 1. The Morgan fingerprint density at radius 3 is 2.60 bits per heavy atom. The number of fused-ring (bicyclic) bond motifs is 1. The second kappa shape index (κ2) is 6.56. The Labute approximate surface area is 153 Å². The number of piperazine rings is 1. The maximum absolute atomic E-state index is 12.7. The van der Waals surface area contributed by atoms with E-state index in [9.17, 15) is 13.2 Å². The predicted molar refractivity (Wildman–Crippen MR) is 97.1 cm³/mol. The predicted octanol–water partition coefficient (Wildman–Crippen LogP) is 1.95. The Morgan fingerprint density at radius 2 is 1.92 bits per heavy atom. The molecule has 0 spiro atoms. The van der Waals surface area contributed by atoms with Gasteiger partial charge in [-0.2, -0.15) is 0 Å². The number of nitrogens with zero attached hydrogens (tertiary/aromatic N) is 2. The normalized spacial score (nSPS) is 29.2. The van der Waals surface area contributed by atoms with Crippen molar-refractivity contribution in [3.05, 3.63) is 34.9 Å². The molecule has 1 aromatic rings. The highest BCUT2D eigenvalue weighted by Crippen LogP contribution is 2.34. The fourth-order valence-electron chi connectivity index (χ4n) is 4.25. The molecule has 2 aliphatic heterocycles. The van der Waals surface area contributed by atoms with E-state index in [-0.39, 0.29) is 35.4 Å². The molecule has 0 N–H and O–H groups in total. The molecule has 2 heterocycles. The topological polar surface area (TPSA) is 57.7 Å². The minimum absolute atomic E-state index is 0.0994. The Morgan fingerprint density at radius 1 is 1.16 bits per heavy atom. The maximum Gasteiger partial charge on any atom is 0.226 e. The average Bonchev–Trinajstić information content (AvgIpc) is 2.81. The second-order valence-corrected chi connectivity index (χ2v) is 10.1. The Kier molecular flexibility index (Phi) is 4.54. The van der Waals surface area contributed by atoms with Crippen LogP contribution in [0.5, 0.6) is 0 Å². The summed E-state index contributed by atoms with van der Waals surface area (Å²) in [5.41, 5.74) is 1.08. The highest BCUT2D eigenvalue weighted by molar-refractivity contribution is 7.91. The van der Waals surface area contributed by atoms with Crippen LogP contribution in [0.3, 0.4) is 0 Å². The molecule has 3 fully saturated rings. The van der Waals surface area contributed by atoms with Gasteiger partial charge in [-0.25, -0.2) is 8.42 Å². The molecule has 0 bridgehead atoms. The van der Waals surface area contributed by atoms with Gasteiger partial charge in [0.05, 0.1) is 17.5 Å². The summed E-state index contributed by atoms with van der Waals surface area (Å²) in [4.78, 5) is 16.8. The van der Waals surface area contributed by atoms with Gasteiger partial charge in [0.25, 0.3) is 0 Å². The van der Waals surface area contributed by atoms with Crippen molar-refractivity contribution in [3.63, 3.8) is 0 Å². The molecule has 2 saturated heterocycles. The number of carbonyl (C=O) groups excluding carboxylic acids is 1. The van der Waals surface area contributed by atoms with Crippen LogP contribution in [-0.4, -0.2) is 60.8 Å². The van der Waals surface area contributed by atoms with Gasteiger partial charge in [0, 0.05) is 36.6 Å². The van der Waals surface area contributed by atoms with Crippen LogP contribution in [0, 0.1) is 5.92 Å². The molecule has 1 amide bonds. The summed E-state index contributed by atoms with van der Waals surface area (Å²) >= 11 is 6.07. The van der Waals surface area contributed by atoms with E-state index in [1.54, 1.807) is 0 Å². The van der Waals surface area contributed by atoms with Crippen LogP contribution < -0.4 is 0 Å². The zero-order valence-corrected chi connectivity index (χ0v) is 15.7. The molecular formula is C18H23ClN2O3S. The molecule has 25 heavy (non-hydrogen) atoms. The van der Waals surface area contributed by atoms with Gasteiger partial charge in [-0.3, -0.25) is 9.69 Å². The number of benzene rings is 1. The first-order chi connectivity index (χ1) is 11.9. The lowest BCUT2D eigenvalue weighted by Crippen LogP contribution is -2.61. The molecular weight excluding hydrogens is 360 g/mol. The van der Waals surface area contributed by atoms with E-state index in [1.165, 1.54) is 0 Å². The Hall–Kier alpha value is -1.11. The maximum atomic E-state index is 12.7. The van der Waals surface area contributed by atoms with Crippen LogP contribution >= 0.6 is 11.6 Å². The van der Waals surface area contributed by atoms with E-state index >= 15 is 0 Å². The van der Waals surface area contributed by atoms with Crippen LogP contribution in [0.2, 0.25) is 5.02 Å². The number of halogens is 1. The van der Waals surface area contributed by atoms with Crippen molar-refractivity contribution in [3.8, 4) is 0 Å². The van der Waals surface area contributed by atoms with Crippen molar-refractivity contribution in [1.29, 1.82) is 0 Å². The minimum atomic E-state index is -3.10. The van der Waals surface area contributed by atoms with Crippen LogP contribution in [0.1, 0.15) is 24.8 Å². The summed E-state index contributed by atoms with van der Waals surface area (Å²) in [6.07, 6.45) is 3.01. The molecule has 1 saturated carbocycles. The van der Waals surface area contributed by atoms with Gasteiger partial charge in [0.1, 0.15) is 0 Å². The molecule has 136 valence electrons. The van der Waals surface area contributed by atoms with Crippen molar-refractivity contribution >= 4 is 27.3 Å². The van der Waals surface area contributed by atoms with Gasteiger partial charge in [-0.15, -0.1) is 0 Å². The highest BCUT2D eigenvalue weighted by Gasteiger charge is 2.49. The lowest BCUT2D eigenvalue weighted by atomic mass is 9.83. The summed E-state index contributed by atoms with van der Waals surface area (Å²) in [6.45, 7) is 2.00. The average molecular weight is 383 g/mol. The van der Waals surface area contributed by atoms with Crippen LogP contribution in [0.4, 0.5) is 0 Å². The summed E-state index contributed by atoms with van der Waals surface area (Å²) in [5.74, 6) is 0.527. The van der Waals surface area contributed by atoms with Crippen LogP contribution in [0.15, 0.2) is 24.3 Å². The summed E-state index contributed by atoms with van der Waals surface area (Å²) in [6, 6.07) is 7.37. The molecule has 4 rings (SSSR count). The number of amides is 1. The number of hydrogen-bond acceptors (Lipinski definition) is 4. The van der Waals surface area contributed by atoms with Crippen molar-refractivity contribution in [1.82, 2.24) is 9.80 Å². The number of hydrogen-bond donors (Lipinski definition) is 0. The van der Waals surface area contributed by atoms with E-state index in [0.29, 0.717) is 24.7 Å². The highest BCUT2D eigenvalue weighted by atomic mass is 35.5. The van der Waals surface area contributed by atoms with E-state index in [2.05, 4.69) is 4.90 Å². The van der Waals surface area contributed by atoms with Gasteiger partial charge in [-0.1, -0.05) is 30.2 Å². The first kappa shape index (κ1) is 17.3. The first-order valence-corrected chi connectivity index (χ1v) is 11.1. The van der Waals surface area contributed by atoms with E-state index in [4.69, 9.17) is 11.6 Å². The third kappa shape index (κ3) is 3.44. The van der Waals surface area contributed by atoms with Crippen LogP contribution in [-0.2, 0) is 21.2 Å². The zero-order chi connectivity index (χ0) is 17.6. The molecule has 0 unspecified atom stereocenters. The largest absolute Gasteiger partial charge is 0.336 e. The Bertz CT molecular complexity index is 778. The SMILES string of the molecule is O=C(C1CCC1)N1CCN(Cc2cccc(Cl)c2)[C@H]2CS(=O)(=O)C[C@H]21. The fourth-order valence-corrected chi connectivity index (χ4v) is 6.48. The molecule has 5 nitrogen and oxygen atoms in total. The molecule has 3 aliphatic rings. The monoisotopic (exact) mass is 382 g/mol. The van der Waals surface area contributed by atoms with Gasteiger partial charge in [-0.05, 0) is 30.5 Å². The van der Waals surface area contributed by atoms with Crippen LogP contribution in [0.25, 0.3) is 0 Å². The van der Waals surface area contributed by atoms with Crippen molar-refractivity contribution in [2.75, 3.05) is 24.6 Å². The zero-order valence-electron chi connectivity index (χ0n) is 14.1. The molecule has 2 atom stereocenters. The lowest BCUT2D eigenvalue weighted by molar-refractivity contribution is -0.144. The smallest absolute Gasteiger partial charge is 0.226 e. The number of sulfone groups is 1. The first-order valence-electron chi connectivity index (χ1n) is 8.92. The Balaban J connectivity index is 1.55. The second-order valence-electron chi connectivity index (χ2n) is 7.47. The third-order valence-electron chi connectivity index (χ3n) is 5.80. The van der Waals surface area contributed by atoms with Crippen molar-refractivity contribution < 1.29 is 13.2 Å². The third-order valence-corrected chi connectivity index (χ3v) is 7.74. The lowest BCUT2D eigenvalue weighted by Gasteiger charge is -2.45. The quantitative estimate of drug-likeness (QED) is 0.801.